The number of methoxy groups -OCH3 is 1. The van der Waals surface area contributed by atoms with E-state index in [0.29, 0.717) is 17.0 Å². The smallest absolute Gasteiger partial charge is 0.338 e. The number of carbonyl (C=O) groups is 2. The van der Waals surface area contributed by atoms with E-state index in [0.717, 1.165) is 11.1 Å². The zero-order valence-corrected chi connectivity index (χ0v) is 14.3. The fourth-order valence-corrected chi connectivity index (χ4v) is 2.10. The van der Waals surface area contributed by atoms with Gasteiger partial charge in [0, 0.05) is 11.8 Å². The molecular formula is C19H21NO4. The fourth-order valence-electron chi connectivity index (χ4n) is 2.10. The molecule has 2 aromatic carbocycles. The van der Waals surface area contributed by atoms with Gasteiger partial charge in [-0.3, -0.25) is 4.79 Å². The molecule has 0 saturated carbocycles. The van der Waals surface area contributed by atoms with Crippen LogP contribution in [0.25, 0.3) is 0 Å². The topological polar surface area (TPSA) is 64.6 Å². The zero-order valence-electron chi connectivity index (χ0n) is 14.3. The lowest BCUT2D eigenvalue weighted by Crippen LogP contribution is -2.30. The van der Waals surface area contributed by atoms with Gasteiger partial charge in [0.05, 0.1) is 12.7 Å². The molecule has 5 heteroatoms. The van der Waals surface area contributed by atoms with E-state index in [9.17, 15) is 9.59 Å². The molecule has 126 valence electrons. The molecule has 24 heavy (non-hydrogen) atoms. The van der Waals surface area contributed by atoms with Gasteiger partial charge < -0.3 is 14.8 Å². The first-order valence-electron chi connectivity index (χ1n) is 7.64. The second-order valence-corrected chi connectivity index (χ2v) is 5.57. The lowest BCUT2D eigenvalue weighted by Gasteiger charge is -2.14. The van der Waals surface area contributed by atoms with Gasteiger partial charge >= 0.3 is 5.97 Å². The maximum atomic E-state index is 12.2. The molecule has 0 unspecified atom stereocenters. The molecule has 0 aromatic heterocycles. The summed E-state index contributed by atoms with van der Waals surface area (Å²) in [4.78, 5) is 24.3. The minimum Gasteiger partial charge on any atom is -0.497 e. The Hall–Kier alpha value is -2.82. The molecule has 1 N–H and O–H groups in total. The van der Waals surface area contributed by atoms with Gasteiger partial charge in [0.1, 0.15) is 5.75 Å². The van der Waals surface area contributed by atoms with Gasteiger partial charge in [-0.05, 0) is 56.2 Å². The molecule has 0 saturated heterocycles. The van der Waals surface area contributed by atoms with Crippen LogP contribution in [0.3, 0.4) is 0 Å². The van der Waals surface area contributed by atoms with Gasteiger partial charge in [0.25, 0.3) is 5.91 Å². The van der Waals surface area contributed by atoms with Crippen molar-refractivity contribution in [1.82, 2.24) is 0 Å². The summed E-state index contributed by atoms with van der Waals surface area (Å²) in [6, 6.07) is 12.3. The summed E-state index contributed by atoms with van der Waals surface area (Å²) in [6.07, 6.45) is -0.912. The van der Waals surface area contributed by atoms with Crippen LogP contribution in [0.5, 0.6) is 5.75 Å². The molecule has 0 bridgehead atoms. The largest absolute Gasteiger partial charge is 0.497 e. The van der Waals surface area contributed by atoms with E-state index in [1.807, 2.05) is 19.9 Å². The lowest BCUT2D eigenvalue weighted by atomic mass is 10.1. The number of amides is 1. The Labute approximate surface area is 141 Å². The van der Waals surface area contributed by atoms with Crippen LogP contribution in [0.4, 0.5) is 5.69 Å². The van der Waals surface area contributed by atoms with Gasteiger partial charge in [0.15, 0.2) is 6.10 Å². The van der Waals surface area contributed by atoms with E-state index in [4.69, 9.17) is 9.47 Å². The van der Waals surface area contributed by atoms with E-state index < -0.39 is 18.0 Å². The molecule has 0 aliphatic rings. The maximum absolute atomic E-state index is 12.2. The molecule has 0 radical (unpaired) electrons. The average Bonchev–Trinajstić information content (AvgIpc) is 2.57. The molecule has 1 atom stereocenters. The molecule has 0 heterocycles. The molecule has 0 spiro atoms. The van der Waals surface area contributed by atoms with Crippen molar-refractivity contribution in [3.05, 3.63) is 59.2 Å². The number of carbonyl (C=O) groups excluding carboxylic acids is 2. The number of benzene rings is 2. The minimum atomic E-state index is -0.912. The lowest BCUT2D eigenvalue weighted by molar-refractivity contribution is -0.123. The van der Waals surface area contributed by atoms with Gasteiger partial charge in [-0.2, -0.15) is 0 Å². The summed E-state index contributed by atoms with van der Waals surface area (Å²) in [5, 5.41) is 2.70. The van der Waals surface area contributed by atoms with E-state index in [2.05, 4.69) is 5.32 Å². The van der Waals surface area contributed by atoms with Crippen LogP contribution in [0.2, 0.25) is 0 Å². The van der Waals surface area contributed by atoms with Gasteiger partial charge in [-0.25, -0.2) is 4.79 Å². The van der Waals surface area contributed by atoms with Crippen molar-refractivity contribution in [2.45, 2.75) is 26.9 Å². The van der Waals surface area contributed by atoms with Crippen LogP contribution in [-0.4, -0.2) is 25.1 Å². The quantitative estimate of drug-likeness (QED) is 0.854. The zero-order chi connectivity index (χ0) is 17.7. The molecule has 1 amide bonds. The van der Waals surface area contributed by atoms with Crippen molar-refractivity contribution in [3.8, 4) is 5.75 Å². The summed E-state index contributed by atoms with van der Waals surface area (Å²) >= 11 is 0. The van der Waals surface area contributed by atoms with Crippen LogP contribution in [0.1, 0.15) is 28.4 Å². The van der Waals surface area contributed by atoms with Crippen molar-refractivity contribution < 1.29 is 19.1 Å². The summed E-state index contributed by atoms with van der Waals surface area (Å²) in [5.74, 6) is -0.292. The molecule has 0 fully saturated rings. The van der Waals surface area contributed by atoms with Crippen molar-refractivity contribution >= 4 is 17.6 Å². The summed E-state index contributed by atoms with van der Waals surface area (Å²) in [7, 11) is 1.55. The SMILES string of the molecule is COc1cccc(NC(=O)[C@H](C)OC(=O)c2ccc(C)c(C)c2)c1. The molecule has 5 nitrogen and oxygen atoms in total. The first-order valence-corrected chi connectivity index (χ1v) is 7.64. The van der Waals surface area contributed by atoms with Crippen LogP contribution < -0.4 is 10.1 Å². The Bertz CT molecular complexity index is 755. The maximum Gasteiger partial charge on any atom is 0.338 e. The summed E-state index contributed by atoms with van der Waals surface area (Å²) in [5.41, 5.74) is 3.10. The van der Waals surface area contributed by atoms with E-state index in [1.165, 1.54) is 6.92 Å². The predicted molar refractivity (Wildman–Crippen MR) is 92.4 cm³/mol. The number of aryl methyl sites for hydroxylation is 2. The van der Waals surface area contributed by atoms with Crippen LogP contribution >= 0.6 is 0 Å². The Morgan fingerprint density at radius 1 is 1.04 bits per heavy atom. The van der Waals surface area contributed by atoms with Crippen molar-refractivity contribution in [2.24, 2.45) is 0 Å². The number of esters is 1. The summed E-state index contributed by atoms with van der Waals surface area (Å²) < 4.78 is 10.3. The highest BCUT2D eigenvalue weighted by molar-refractivity contribution is 5.97. The first-order chi connectivity index (χ1) is 11.4. The number of rotatable bonds is 5. The Kier molecular flexibility index (Phi) is 5.58. The minimum absolute atomic E-state index is 0.402. The van der Waals surface area contributed by atoms with Gasteiger partial charge in [-0.15, -0.1) is 0 Å². The molecule has 0 aliphatic heterocycles. The van der Waals surface area contributed by atoms with Crippen molar-refractivity contribution in [3.63, 3.8) is 0 Å². The van der Waals surface area contributed by atoms with Crippen molar-refractivity contribution in [1.29, 1.82) is 0 Å². The third kappa shape index (κ3) is 4.35. The Balaban J connectivity index is 1.99. The van der Waals surface area contributed by atoms with E-state index in [-0.39, 0.29) is 0 Å². The van der Waals surface area contributed by atoms with Gasteiger partial charge in [0.2, 0.25) is 0 Å². The highest BCUT2D eigenvalue weighted by Gasteiger charge is 2.19. The molecule has 2 rings (SSSR count). The summed E-state index contributed by atoms with van der Waals surface area (Å²) in [6.45, 7) is 5.42. The Morgan fingerprint density at radius 3 is 2.46 bits per heavy atom. The highest BCUT2D eigenvalue weighted by atomic mass is 16.5. The second kappa shape index (κ2) is 7.64. The highest BCUT2D eigenvalue weighted by Crippen LogP contribution is 2.17. The third-order valence-electron chi connectivity index (χ3n) is 3.73. The monoisotopic (exact) mass is 327 g/mol. The van der Waals surface area contributed by atoms with Gasteiger partial charge in [-0.1, -0.05) is 12.1 Å². The number of ether oxygens (including phenoxy) is 2. The number of anilines is 1. The molecule has 2 aromatic rings. The third-order valence-corrected chi connectivity index (χ3v) is 3.73. The average molecular weight is 327 g/mol. The van der Waals surface area contributed by atoms with E-state index >= 15 is 0 Å². The van der Waals surface area contributed by atoms with Crippen LogP contribution in [0.15, 0.2) is 42.5 Å². The van der Waals surface area contributed by atoms with Crippen LogP contribution in [-0.2, 0) is 9.53 Å². The Morgan fingerprint density at radius 2 is 1.79 bits per heavy atom. The second-order valence-electron chi connectivity index (χ2n) is 5.57. The normalized spacial score (nSPS) is 11.5. The number of hydrogen-bond donors (Lipinski definition) is 1. The number of nitrogens with one attached hydrogen (secondary N) is 1. The van der Waals surface area contributed by atoms with E-state index in [1.54, 1.807) is 43.5 Å². The molecule has 0 aliphatic carbocycles. The standard InChI is InChI=1S/C19H21NO4/c1-12-8-9-15(10-13(12)2)19(22)24-14(3)18(21)20-16-6-5-7-17(11-16)23-4/h5-11,14H,1-4H3,(H,20,21)/t14-/m0/s1. The van der Waals surface area contributed by atoms with Crippen molar-refractivity contribution in [2.75, 3.05) is 12.4 Å². The molecular weight excluding hydrogens is 306 g/mol. The first kappa shape index (κ1) is 17.5. The number of hydrogen-bond acceptors (Lipinski definition) is 4. The predicted octanol–water partition coefficient (Wildman–Crippen LogP) is 3.50. The van der Waals surface area contributed by atoms with Crippen LogP contribution in [0, 0.1) is 13.8 Å². The fraction of sp³-hybridized carbons (Fsp3) is 0.263.